The second-order valence-electron chi connectivity index (χ2n) is 10.5. The Morgan fingerprint density at radius 3 is 1.69 bits per heavy atom. The van der Waals surface area contributed by atoms with Gasteiger partial charge in [0.05, 0.1) is 0 Å². The standard InChI is InChI=1S/C26H32O2.O5P2/c1-23(2,3)22-18-25(24(4,5)6,19-12-14-21(27)15-13-19)16-17-26(22,28)20-10-8-7-9-11-20;1-6(2)5-7(3)4/h7-18,27-28H,1-6H3;/p+2. The number of phenolic OH excluding ortho intramolecular Hbond substituents is 1. The molecule has 0 bridgehead atoms. The van der Waals surface area contributed by atoms with Crippen LogP contribution in [0.1, 0.15) is 52.7 Å². The molecule has 9 heteroatoms. The minimum absolute atomic E-state index is 0.130. The van der Waals surface area contributed by atoms with Crippen LogP contribution in [0.15, 0.2) is 78.4 Å². The van der Waals surface area contributed by atoms with E-state index in [1.165, 1.54) is 0 Å². The van der Waals surface area contributed by atoms with Crippen molar-refractivity contribution in [3.8, 4) is 5.75 Å². The first-order valence-corrected chi connectivity index (χ1v) is 13.3. The second kappa shape index (κ2) is 10.8. The molecule has 0 aromatic heterocycles. The fourth-order valence-electron chi connectivity index (χ4n) is 4.34. The lowest BCUT2D eigenvalue weighted by molar-refractivity contribution is 0.0976. The Labute approximate surface area is 208 Å². The SMILES string of the molecule is CC(C)(C)C1=CC(c2ccc(O)cc2)(C(C)(C)C)C=CC1(O)c1ccccc1.O=[P+](O)O[P+](=O)O. The number of hydrogen-bond acceptors (Lipinski definition) is 5. The zero-order valence-electron chi connectivity index (χ0n) is 20.8. The topological polar surface area (TPSA) is 124 Å². The van der Waals surface area contributed by atoms with E-state index in [4.69, 9.17) is 9.79 Å². The molecule has 0 aliphatic heterocycles. The molecule has 0 heterocycles. The van der Waals surface area contributed by atoms with Crippen LogP contribution in [-0.2, 0) is 24.5 Å². The van der Waals surface area contributed by atoms with Crippen LogP contribution in [0, 0.1) is 10.8 Å². The summed E-state index contributed by atoms with van der Waals surface area (Å²) in [7, 11) is -5.85. The molecule has 7 nitrogen and oxygen atoms in total. The van der Waals surface area contributed by atoms with Crippen molar-refractivity contribution < 1.29 is 33.4 Å². The Balaban J connectivity index is 0.000000540. The van der Waals surface area contributed by atoms with Crippen molar-refractivity contribution in [3.63, 3.8) is 0 Å². The highest BCUT2D eigenvalue weighted by Crippen LogP contribution is 2.53. The molecule has 0 saturated heterocycles. The number of allylic oxidation sites excluding steroid dienone is 2. The lowest BCUT2D eigenvalue weighted by atomic mass is 9.56. The Morgan fingerprint density at radius 1 is 0.771 bits per heavy atom. The van der Waals surface area contributed by atoms with E-state index in [1.54, 1.807) is 12.1 Å². The van der Waals surface area contributed by atoms with Crippen molar-refractivity contribution in [3.05, 3.63) is 89.5 Å². The molecule has 2 aromatic carbocycles. The molecule has 1 aliphatic rings. The van der Waals surface area contributed by atoms with Crippen molar-refractivity contribution in [1.82, 2.24) is 0 Å². The Morgan fingerprint density at radius 2 is 1.29 bits per heavy atom. The van der Waals surface area contributed by atoms with E-state index in [0.717, 1.165) is 16.7 Å². The second-order valence-corrected chi connectivity index (χ2v) is 12.1. The van der Waals surface area contributed by atoms with Crippen molar-refractivity contribution in [2.45, 2.75) is 52.6 Å². The molecule has 2 aromatic rings. The maximum atomic E-state index is 11.8. The van der Waals surface area contributed by atoms with E-state index >= 15 is 0 Å². The van der Waals surface area contributed by atoms with Gasteiger partial charge in [-0.25, -0.2) is 0 Å². The van der Waals surface area contributed by atoms with E-state index in [1.807, 2.05) is 48.5 Å². The van der Waals surface area contributed by atoms with Crippen LogP contribution in [0.2, 0.25) is 0 Å². The summed E-state index contributed by atoms with van der Waals surface area (Å²) >= 11 is 0. The molecule has 0 amide bonds. The van der Waals surface area contributed by atoms with E-state index in [0.29, 0.717) is 0 Å². The van der Waals surface area contributed by atoms with Gasteiger partial charge in [-0.2, -0.15) is 0 Å². The molecule has 1 aliphatic carbocycles. The monoisotopic (exact) mass is 520 g/mol. The molecule has 0 fully saturated rings. The molecule has 4 N–H and O–H groups in total. The van der Waals surface area contributed by atoms with Crippen LogP contribution in [0.5, 0.6) is 5.75 Å². The van der Waals surface area contributed by atoms with Crippen molar-refractivity contribution in [2.24, 2.45) is 10.8 Å². The lowest BCUT2D eigenvalue weighted by Gasteiger charge is -2.49. The first-order chi connectivity index (χ1) is 16.0. The van der Waals surface area contributed by atoms with Crippen LogP contribution in [0.25, 0.3) is 0 Å². The molecular formula is C26H34O7P2+2. The molecule has 188 valence electrons. The summed E-state index contributed by atoms with van der Waals surface area (Å²) in [6, 6.07) is 17.3. The summed E-state index contributed by atoms with van der Waals surface area (Å²) in [6.45, 7) is 13.1. The first-order valence-electron chi connectivity index (χ1n) is 11.0. The van der Waals surface area contributed by atoms with Crippen molar-refractivity contribution in [2.75, 3.05) is 0 Å². The number of aliphatic hydroxyl groups is 1. The number of benzene rings is 2. The van der Waals surface area contributed by atoms with Gasteiger partial charge in [-0.1, -0.05) is 96.2 Å². The molecule has 4 unspecified atom stereocenters. The average molecular weight is 520 g/mol. The van der Waals surface area contributed by atoms with E-state index < -0.39 is 27.5 Å². The van der Waals surface area contributed by atoms with Crippen LogP contribution in [-0.4, -0.2) is 20.0 Å². The molecule has 3 rings (SSSR count). The zero-order chi connectivity index (χ0) is 26.7. The number of aromatic hydroxyl groups is 1. The van der Waals surface area contributed by atoms with E-state index in [2.05, 4.69) is 58.0 Å². The summed E-state index contributed by atoms with van der Waals surface area (Å²) in [5.41, 5.74) is 1.05. The van der Waals surface area contributed by atoms with E-state index in [9.17, 15) is 19.3 Å². The van der Waals surface area contributed by atoms with Gasteiger partial charge in [-0.05, 0) is 45.7 Å². The minimum atomic E-state index is -2.92. The van der Waals surface area contributed by atoms with Gasteiger partial charge in [0.15, 0.2) is 4.31 Å². The Hall–Kier alpha value is -2.24. The summed E-state index contributed by atoms with van der Waals surface area (Å²) in [6.07, 6.45) is 6.36. The zero-order valence-corrected chi connectivity index (χ0v) is 22.6. The minimum Gasteiger partial charge on any atom is -0.508 e. The number of rotatable bonds is 4. The predicted molar refractivity (Wildman–Crippen MR) is 137 cm³/mol. The highest BCUT2D eigenvalue weighted by atomic mass is 31.2. The molecule has 0 spiro atoms. The third-order valence-corrected chi connectivity index (χ3v) is 7.24. The number of hydrogen-bond donors (Lipinski definition) is 4. The third-order valence-electron chi connectivity index (χ3n) is 6.12. The lowest BCUT2D eigenvalue weighted by Crippen LogP contribution is -2.44. The fourth-order valence-corrected chi connectivity index (χ4v) is 4.81. The normalized spacial score (nSPS) is 23.1. The molecular weight excluding hydrogens is 486 g/mol. The van der Waals surface area contributed by atoms with Gasteiger partial charge in [0.25, 0.3) is 0 Å². The van der Waals surface area contributed by atoms with Crippen molar-refractivity contribution in [1.29, 1.82) is 0 Å². The van der Waals surface area contributed by atoms with Crippen LogP contribution in [0.4, 0.5) is 0 Å². The predicted octanol–water partition coefficient (Wildman–Crippen LogP) is 6.41. The van der Waals surface area contributed by atoms with Crippen LogP contribution in [0.3, 0.4) is 0 Å². The molecule has 0 radical (unpaired) electrons. The van der Waals surface area contributed by atoms with Gasteiger partial charge in [-0.15, -0.1) is 9.79 Å². The highest BCUT2D eigenvalue weighted by Gasteiger charge is 2.48. The summed E-state index contributed by atoms with van der Waals surface area (Å²) in [4.78, 5) is 15.3. The molecule has 35 heavy (non-hydrogen) atoms. The summed E-state index contributed by atoms with van der Waals surface area (Å²) in [5, 5.41) is 21.6. The maximum absolute atomic E-state index is 11.8. The third kappa shape index (κ3) is 6.71. The quantitative estimate of drug-likeness (QED) is 0.271. The summed E-state index contributed by atoms with van der Waals surface area (Å²) < 4.78 is 22.2. The van der Waals surface area contributed by atoms with Gasteiger partial charge in [0, 0.05) is 14.5 Å². The van der Waals surface area contributed by atoms with Gasteiger partial charge in [0.2, 0.25) is 0 Å². The highest BCUT2D eigenvalue weighted by molar-refractivity contribution is 7.46. The largest absolute Gasteiger partial charge is 0.745 e. The Kier molecular flexibility index (Phi) is 8.94. The van der Waals surface area contributed by atoms with Gasteiger partial charge in [0.1, 0.15) is 11.4 Å². The van der Waals surface area contributed by atoms with Gasteiger partial charge >= 0.3 is 16.5 Å². The van der Waals surface area contributed by atoms with E-state index in [-0.39, 0.29) is 16.6 Å². The molecule has 0 saturated carbocycles. The maximum Gasteiger partial charge on any atom is 0.745 e. The average Bonchev–Trinajstić information content (AvgIpc) is 2.73. The van der Waals surface area contributed by atoms with Crippen LogP contribution < -0.4 is 0 Å². The Bertz CT molecular complexity index is 1100. The first kappa shape index (κ1) is 29.0. The number of phenols is 1. The fraction of sp³-hybridized carbons (Fsp3) is 0.385. The smallest absolute Gasteiger partial charge is 0.508 e. The molecule has 4 atom stereocenters. The van der Waals surface area contributed by atoms with Gasteiger partial charge in [-0.3, -0.25) is 0 Å². The van der Waals surface area contributed by atoms with Crippen molar-refractivity contribution >= 4 is 16.5 Å². The van der Waals surface area contributed by atoms with Gasteiger partial charge < -0.3 is 10.2 Å². The van der Waals surface area contributed by atoms with Crippen LogP contribution >= 0.6 is 16.5 Å². The summed E-state index contributed by atoms with van der Waals surface area (Å²) in [5.74, 6) is 0.258.